The van der Waals surface area contributed by atoms with Crippen molar-refractivity contribution in [1.29, 1.82) is 0 Å². The van der Waals surface area contributed by atoms with Crippen molar-refractivity contribution in [2.24, 2.45) is 5.41 Å². The standard InChI is InChI=1S/C21H22N2O5/c1-26-16-5-2-14(3-6-16)8-11-22-19(24)21(9-10-21)20(25)23-15-4-7-17-18(12-15)28-13-27-17/h2-7,12H,8-11,13H2,1H3,(H,22,24)(H,23,25). The fourth-order valence-corrected chi connectivity index (χ4v) is 3.19. The normalized spacial score (nSPS) is 15.6. The third-order valence-corrected chi connectivity index (χ3v) is 5.11. The molecular weight excluding hydrogens is 360 g/mol. The van der Waals surface area contributed by atoms with E-state index in [1.807, 2.05) is 24.3 Å². The van der Waals surface area contributed by atoms with Gasteiger partial charge in [-0.15, -0.1) is 0 Å². The summed E-state index contributed by atoms with van der Waals surface area (Å²) in [4.78, 5) is 25.3. The number of hydrogen-bond donors (Lipinski definition) is 2. The summed E-state index contributed by atoms with van der Waals surface area (Å²) >= 11 is 0. The van der Waals surface area contributed by atoms with Gasteiger partial charge < -0.3 is 24.8 Å². The highest BCUT2D eigenvalue weighted by atomic mass is 16.7. The Balaban J connectivity index is 1.31. The monoisotopic (exact) mass is 382 g/mol. The molecule has 0 spiro atoms. The number of benzene rings is 2. The molecule has 2 aromatic rings. The van der Waals surface area contributed by atoms with Crippen LogP contribution in [0.3, 0.4) is 0 Å². The molecule has 28 heavy (non-hydrogen) atoms. The molecule has 1 saturated carbocycles. The molecule has 0 aromatic heterocycles. The zero-order valence-electron chi connectivity index (χ0n) is 15.6. The Hall–Kier alpha value is -3.22. The second-order valence-electron chi connectivity index (χ2n) is 6.96. The smallest absolute Gasteiger partial charge is 0.240 e. The van der Waals surface area contributed by atoms with Crippen LogP contribution < -0.4 is 24.8 Å². The number of amides is 2. The maximum absolute atomic E-state index is 12.7. The van der Waals surface area contributed by atoms with Gasteiger partial charge in [-0.05, 0) is 49.1 Å². The van der Waals surface area contributed by atoms with Crippen molar-refractivity contribution in [2.45, 2.75) is 19.3 Å². The number of methoxy groups -OCH3 is 1. The van der Waals surface area contributed by atoms with Gasteiger partial charge in [-0.3, -0.25) is 9.59 Å². The van der Waals surface area contributed by atoms with Gasteiger partial charge in [0, 0.05) is 18.3 Å². The lowest BCUT2D eigenvalue weighted by Crippen LogP contribution is -2.40. The van der Waals surface area contributed by atoms with Crippen LogP contribution >= 0.6 is 0 Å². The van der Waals surface area contributed by atoms with E-state index in [2.05, 4.69) is 10.6 Å². The first-order valence-electron chi connectivity index (χ1n) is 9.23. The summed E-state index contributed by atoms with van der Waals surface area (Å²) in [7, 11) is 1.62. The lowest BCUT2D eigenvalue weighted by Gasteiger charge is -2.15. The van der Waals surface area contributed by atoms with E-state index < -0.39 is 5.41 Å². The van der Waals surface area contributed by atoms with E-state index in [0.29, 0.717) is 43.0 Å². The van der Waals surface area contributed by atoms with Gasteiger partial charge in [0.2, 0.25) is 18.6 Å². The van der Waals surface area contributed by atoms with E-state index in [-0.39, 0.29) is 18.6 Å². The number of carbonyl (C=O) groups excluding carboxylic acids is 2. The Labute approximate surface area is 163 Å². The van der Waals surface area contributed by atoms with E-state index in [4.69, 9.17) is 14.2 Å². The van der Waals surface area contributed by atoms with Gasteiger partial charge in [0.25, 0.3) is 0 Å². The van der Waals surface area contributed by atoms with E-state index >= 15 is 0 Å². The second-order valence-corrected chi connectivity index (χ2v) is 6.96. The molecule has 146 valence electrons. The topological polar surface area (TPSA) is 85.9 Å². The minimum Gasteiger partial charge on any atom is -0.497 e. The molecule has 0 atom stereocenters. The molecule has 0 bridgehead atoms. The van der Waals surface area contributed by atoms with Crippen LogP contribution in [0, 0.1) is 5.41 Å². The first kappa shape index (κ1) is 18.2. The molecule has 1 fully saturated rings. The molecule has 0 unspecified atom stereocenters. The number of fused-ring (bicyclic) bond motifs is 1. The third-order valence-electron chi connectivity index (χ3n) is 5.11. The van der Waals surface area contributed by atoms with E-state index in [9.17, 15) is 9.59 Å². The molecule has 1 heterocycles. The van der Waals surface area contributed by atoms with Crippen LogP contribution in [0.15, 0.2) is 42.5 Å². The van der Waals surface area contributed by atoms with Crippen molar-refractivity contribution in [3.8, 4) is 17.2 Å². The van der Waals surface area contributed by atoms with Crippen molar-refractivity contribution in [3.63, 3.8) is 0 Å². The number of carbonyl (C=O) groups is 2. The molecule has 2 amide bonds. The van der Waals surface area contributed by atoms with Gasteiger partial charge >= 0.3 is 0 Å². The molecule has 7 heteroatoms. The van der Waals surface area contributed by atoms with Gasteiger partial charge in [-0.25, -0.2) is 0 Å². The third kappa shape index (κ3) is 3.60. The Morgan fingerprint density at radius 2 is 1.79 bits per heavy atom. The van der Waals surface area contributed by atoms with Gasteiger partial charge in [-0.1, -0.05) is 12.1 Å². The second kappa shape index (κ2) is 7.42. The molecule has 7 nitrogen and oxygen atoms in total. The van der Waals surface area contributed by atoms with Crippen LogP contribution in [0.4, 0.5) is 5.69 Å². The summed E-state index contributed by atoms with van der Waals surface area (Å²) < 4.78 is 15.7. The highest BCUT2D eigenvalue weighted by molar-refractivity contribution is 6.13. The molecular formula is C21H22N2O5. The molecule has 1 aliphatic heterocycles. The highest BCUT2D eigenvalue weighted by Crippen LogP contribution is 2.47. The van der Waals surface area contributed by atoms with Gasteiger partial charge in [-0.2, -0.15) is 0 Å². The van der Waals surface area contributed by atoms with Crippen LogP contribution in [-0.2, 0) is 16.0 Å². The van der Waals surface area contributed by atoms with Crippen LogP contribution in [-0.4, -0.2) is 32.3 Å². The molecule has 2 N–H and O–H groups in total. The van der Waals surface area contributed by atoms with Crippen molar-refractivity contribution in [3.05, 3.63) is 48.0 Å². The lowest BCUT2D eigenvalue weighted by atomic mass is 10.0. The number of hydrogen-bond acceptors (Lipinski definition) is 5. The first-order chi connectivity index (χ1) is 13.6. The van der Waals surface area contributed by atoms with Crippen LogP contribution in [0.1, 0.15) is 18.4 Å². The van der Waals surface area contributed by atoms with Crippen LogP contribution in [0.25, 0.3) is 0 Å². The number of nitrogens with one attached hydrogen (secondary N) is 2. The predicted octanol–water partition coefficient (Wildman–Crippen LogP) is 2.50. The molecule has 4 rings (SSSR count). The number of ether oxygens (including phenoxy) is 3. The number of anilines is 1. The summed E-state index contributed by atoms with van der Waals surface area (Å²) in [5.41, 5.74) is 0.707. The summed E-state index contributed by atoms with van der Waals surface area (Å²) in [6.45, 7) is 0.650. The lowest BCUT2D eigenvalue weighted by molar-refractivity contribution is -0.134. The fourth-order valence-electron chi connectivity index (χ4n) is 3.19. The van der Waals surface area contributed by atoms with Crippen molar-refractivity contribution >= 4 is 17.5 Å². The Morgan fingerprint density at radius 1 is 1.04 bits per heavy atom. The zero-order valence-corrected chi connectivity index (χ0v) is 15.6. The minimum atomic E-state index is -0.976. The average Bonchev–Trinajstić information content (AvgIpc) is 3.40. The minimum absolute atomic E-state index is 0.174. The zero-order chi connectivity index (χ0) is 19.6. The van der Waals surface area contributed by atoms with Gasteiger partial charge in [0.1, 0.15) is 11.2 Å². The Bertz CT molecular complexity index is 890. The fraction of sp³-hybridized carbons (Fsp3) is 0.333. The average molecular weight is 382 g/mol. The largest absolute Gasteiger partial charge is 0.497 e. The van der Waals surface area contributed by atoms with E-state index in [0.717, 1.165) is 11.3 Å². The Kier molecular flexibility index (Phi) is 4.81. The number of rotatable bonds is 7. The quantitative estimate of drug-likeness (QED) is 0.719. The molecule has 1 aliphatic carbocycles. The van der Waals surface area contributed by atoms with E-state index in [1.54, 1.807) is 25.3 Å². The predicted molar refractivity (Wildman–Crippen MR) is 103 cm³/mol. The molecule has 0 radical (unpaired) electrons. The maximum Gasteiger partial charge on any atom is 0.240 e. The van der Waals surface area contributed by atoms with Gasteiger partial charge in [0.05, 0.1) is 7.11 Å². The molecule has 0 saturated heterocycles. The van der Waals surface area contributed by atoms with Crippen molar-refractivity contribution < 1.29 is 23.8 Å². The van der Waals surface area contributed by atoms with Gasteiger partial charge in [0.15, 0.2) is 11.5 Å². The summed E-state index contributed by atoms with van der Waals surface area (Å²) in [6.07, 6.45) is 1.80. The summed E-state index contributed by atoms with van der Waals surface area (Å²) in [5, 5.41) is 5.72. The molecule has 2 aliphatic rings. The van der Waals surface area contributed by atoms with E-state index in [1.165, 1.54) is 0 Å². The highest BCUT2D eigenvalue weighted by Gasteiger charge is 2.56. The summed E-state index contributed by atoms with van der Waals surface area (Å²) in [6, 6.07) is 12.9. The Morgan fingerprint density at radius 3 is 2.50 bits per heavy atom. The van der Waals surface area contributed by atoms with Crippen molar-refractivity contribution in [1.82, 2.24) is 5.32 Å². The summed E-state index contributed by atoms with van der Waals surface area (Å²) in [5.74, 6) is 1.53. The SMILES string of the molecule is COc1ccc(CCNC(=O)C2(C(=O)Nc3ccc4c(c3)OCO4)CC2)cc1. The van der Waals surface area contributed by atoms with Crippen molar-refractivity contribution in [2.75, 3.05) is 25.8 Å². The molecule has 2 aromatic carbocycles. The van der Waals surface area contributed by atoms with Crippen LogP contribution in [0.5, 0.6) is 17.2 Å². The maximum atomic E-state index is 12.7. The van der Waals surface area contributed by atoms with Crippen LogP contribution in [0.2, 0.25) is 0 Å². The first-order valence-corrected chi connectivity index (χ1v) is 9.23.